The zero-order chi connectivity index (χ0) is 17.3. The average molecular weight is 321 g/mol. The third-order valence-electron chi connectivity index (χ3n) is 4.28. The van der Waals surface area contributed by atoms with Gasteiger partial charge in [-0.15, -0.1) is 0 Å². The lowest BCUT2D eigenvalue weighted by atomic mass is 10.1. The first-order chi connectivity index (χ1) is 10.8. The Bertz CT molecular complexity index is 648. The van der Waals surface area contributed by atoms with E-state index in [0.29, 0.717) is 35.5 Å². The van der Waals surface area contributed by atoms with Crippen molar-refractivity contribution in [2.75, 3.05) is 27.7 Å². The number of ether oxygens (including phenoxy) is 1. The highest BCUT2D eigenvalue weighted by Crippen LogP contribution is 2.25. The molecule has 1 aromatic heterocycles. The van der Waals surface area contributed by atoms with Gasteiger partial charge in [-0.05, 0) is 32.3 Å². The average Bonchev–Trinajstić information content (AvgIpc) is 3.10. The monoisotopic (exact) mass is 321 g/mol. The van der Waals surface area contributed by atoms with Crippen molar-refractivity contribution in [1.82, 2.24) is 14.8 Å². The van der Waals surface area contributed by atoms with Crippen LogP contribution in [0.5, 0.6) is 0 Å². The highest BCUT2D eigenvalue weighted by Gasteiger charge is 2.37. The number of likely N-dealkylation sites (N-methyl/N-ethyl adjacent to an activating group) is 1. The Hall–Kier alpha value is -2.31. The van der Waals surface area contributed by atoms with Crippen molar-refractivity contribution in [3.63, 3.8) is 0 Å². The van der Waals surface area contributed by atoms with E-state index >= 15 is 0 Å². The molecule has 0 saturated carbocycles. The van der Waals surface area contributed by atoms with Gasteiger partial charge in [0.05, 0.1) is 12.7 Å². The Labute approximate surface area is 135 Å². The first-order valence-corrected chi connectivity index (χ1v) is 7.59. The molecule has 2 heterocycles. The fourth-order valence-electron chi connectivity index (χ4n) is 3.08. The fourth-order valence-corrected chi connectivity index (χ4v) is 3.08. The molecule has 0 unspecified atom stereocenters. The highest BCUT2D eigenvalue weighted by molar-refractivity contribution is 6.02. The van der Waals surface area contributed by atoms with Gasteiger partial charge in [0.1, 0.15) is 11.7 Å². The van der Waals surface area contributed by atoms with Crippen LogP contribution in [0.25, 0.3) is 0 Å². The molecule has 0 radical (unpaired) electrons. The van der Waals surface area contributed by atoms with E-state index in [1.165, 1.54) is 12.0 Å². The van der Waals surface area contributed by atoms with Gasteiger partial charge in [0.2, 0.25) is 5.91 Å². The molecule has 0 bridgehead atoms. The molecular weight excluding hydrogens is 298 g/mol. The molecule has 0 aromatic carbocycles. The first kappa shape index (κ1) is 17.1. The Morgan fingerprint density at radius 1 is 1.26 bits per heavy atom. The Balaban J connectivity index is 2.34. The van der Waals surface area contributed by atoms with Gasteiger partial charge in [-0.1, -0.05) is 0 Å². The van der Waals surface area contributed by atoms with E-state index < -0.39 is 12.0 Å². The molecule has 0 spiro atoms. The molecule has 2 amide bonds. The molecule has 23 heavy (non-hydrogen) atoms. The van der Waals surface area contributed by atoms with Gasteiger partial charge in [-0.2, -0.15) is 0 Å². The smallest absolute Gasteiger partial charge is 0.339 e. The topological polar surface area (TPSA) is 82.7 Å². The van der Waals surface area contributed by atoms with Gasteiger partial charge >= 0.3 is 5.97 Å². The number of nitrogens with zero attached hydrogens (tertiary/aromatic N) is 2. The third-order valence-corrected chi connectivity index (χ3v) is 4.28. The third kappa shape index (κ3) is 2.95. The number of carbonyl (C=O) groups excluding carboxylic acids is 3. The lowest BCUT2D eigenvalue weighted by Crippen LogP contribution is -2.45. The van der Waals surface area contributed by atoms with Crippen molar-refractivity contribution in [3.8, 4) is 0 Å². The number of rotatable bonds is 3. The van der Waals surface area contributed by atoms with Crippen molar-refractivity contribution < 1.29 is 19.1 Å². The predicted molar refractivity (Wildman–Crippen MR) is 84.4 cm³/mol. The SMILES string of the molecule is COC(=O)c1c(C)[nH]c(C(=O)N2CCC[C@@H]2C(=O)N(C)C)c1C. The number of likely N-dealkylation sites (tertiary alicyclic amines) is 1. The number of hydrogen-bond acceptors (Lipinski definition) is 4. The summed E-state index contributed by atoms with van der Waals surface area (Å²) in [5, 5.41) is 0. The van der Waals surface area contributed by atoms with Crippen LogP contribution in [0, 0.1) is 13.8 Å². The molecule has 1 fully saturated rings. The van der Waals surface area contributed by atoms with Crippen molar-refractivity contribution in [3.05, 3.63) is 22.5 Å². The van der Waals surface area contributed by atoms with Gasteiger partial charge in [0.15, 0.2) is 0 Å². The van der Waals surface area contributed by atoms with E-state index in [1.54, 1.807) is 32.8 Å². The molecule has 1 aliphatic heterocycles. The van der Waals surface area contributed by atoms with E-state index in [-0.39, 0.29) is 11.8 Å². The zero-order valence-electron chi connectivity index (χ0n) is 14.2. The van der Waals surface area contributed by atoms with Crippen LogP contribution in [0.2, 0.25) is 0 Å². The summed E-state index contributed by atoms with van der Waals surface area (Å²) in [6.45, 7) is 3.97. The maximum atomic E-state index is 12.9. The lowest BCUT2D eigenvalue weighted by Gasteiger charge is -2.26. The summed E-state index contributed by atoms with van der Waals surface area (Å²) in [6.07, 6.45) is 1.45. The molecule has 1 aromatic rings. The summed E-state index contributed by atoms with van der Waals surface area (Å²) in [5.74, 6) is -0.805. The van der Waals surface area contributed by atoms with Gasteiger partial charge in [-0.25, -0.2) is 4.79 Å². The molecule has 7 nitrogen and oxygen atoms in total. The van der Waals surface area contributed by atoms with E-state index in [4.69, 9.17) is 4.74 Å². The number of aromatic nitrogens is 1. The molecule has 2 rings (SSSR count). The van der Waals surface area contributed by atoms with E-state index in [0.717, 1.165) is 6.42 Å². The molecule has 1 saturated heterocycles. The minimum atomic E-state index is -0.474. The predicted octanol–water partition coefficient (Wildman–Crippen LogP) is 1.11. The molecule has 1 aliphatic rings. The summed E-state index contributed by atoms with van der Waals surface area (Å²) in [5.41, 5.74) is 1.88. The standard InChI is InChI=1S/C16H23N3O4/c1-9-12(16(22)23-5)10(2)17-13(9)15(21)19-8-6-7-11(19)14(20)18(3)4/h11,17H,6-8H2,1-5H3/t11-/m1/s1. The van der Waals surface area contributed by atoms with Crippen LogP contribution in [0.3, 0.4) is 0 Å². The number of esters is 1. The van der Waals surface area contributed by atoms with Crippen molar-refractivity contribution >= 4 is 17.8 Å². The van der Waals surface area contributed by atoms with Crippen molar-refractivity contribution in [1.29, 1.82) is 0 Å². The second-order valence-electron chi connectivity index (χ2n) is 6.01. The molecule has 0 aliphatic carbocycles. The van der Waals surface area contributed by atoms with E-state index in [9.17, 15) is 14.4 Å². The Morgan fingerprint density at radius 2 is 1.91 bits per heavy atom. The zero-order valence-corrected chi connectivity index (χ0v) is 14.2. The minimum Gasteiger partial charge on any atom is -0.465 e. The molecule has 1 N–H and O–H groups in total. The van der Waals surface area contributed by atoms with Gasteiger partial charge in [-0.3, -0.25) is 9.59 Å². The summed E-state index contributed by atoms with van der Waals surface area (Å²) >= 11 is 0. The summed E-state index contributed by atoms with van der Waals surface area (Å²) in [6, 6.07) is -0.443. The largest absolute Gasteiger partial charge is 0.465 e. The highest BCUT2D eigenvalue weighted by atomic mass is 16.5. The number of carbonyl (C=O) groups is 3. The lowest BCUT2D eigenvalue weighted by molar-refractivity contribution is -0.132. The minimum absolute atomic E-state index is 0.0787. The van der Waals surface area contributed by atoms with Crippen LogP contribution in [0.1, 0.15) is 44.9 Å². The number of amides is 2. The van der Waals surface area contributed by atoms with Crippen LogP contribution in [0.4, 0.5) is 0 Å². The Morgan fingerprint density at radius 3 is 2.48 bits per heavy atom. The van der Waals surface area contributed by atoms with Gasteiger partial charge in [0, 0.05) is 26.3 Å². The number of hydrogen-bond donors (Lipinski definition) is 1. The number of H-pyrrole nitrogens is 1. The maximum absolute atomic E-state index is 12.9. The summed E-state index contributed by atoms with van der Waals surface area (Å²) < 4.78 is 4.76. The number of aryl methyl sites for hydroxylation is 1. The van der Waals surface area contributed by atoms with Crippen molar-refractivity contribution in [2.24, 2.45) is 0 Å². The van der Waals surface area contributed by atoms with Crippen LogP contribution >= 0.6 is 0 Å². The second-order valence-corrected chi connectivity index (χ2v) is 6.01. The Kier molecular flexibility index (Phi) is 4.77. The number of aromatic amines is 1. The normalized spacial score (nSPS) is 17.3. The maximum Gasteiger partial charge on any atom is 0.339 e. The first-order valence-electron chi connectivity index (χ1n) is 7.59. The van der Waals surface area contributed by atoms with E-state index in [1.807, 2.05) is 0 Å². The van der Waals surface area contributed by atoms with Crippen LogP contribution < -0.4 is 0 Å². The fraction of sp³-hybridized carbons (Fsp3) is 0.562. The van der Waals surface area contributed by atoms with Crippen LogP contribution in [0.15, 0.2) is 0 Å². The van der Waals surface area contributed by atoms with E-state index in [2.05, 4.69) is 4.98 Å². The molecular formula is C16H23N3O4. The van der Waals surface area contributed by atoms with Crippen LogP contribution in [-0.4, -0.2) is 66.4 Å². The summed E-state index contributed by atoms with van der Waals surface area (Å²) in [7, 11) is 4.67. The van der Waals surface area contributed by atoms with Crippen LogP contribution in [-0.2, 0) is 9.53 Å². The number of methoxy groups -OCH3 is 1. The molecule has 126 valence electrons. The van der Waals surface area contributed by atoms with Crippen molar-refractivity contribution in [2.45, 2.75) is 32.7 Å². The van der Waals surface area contributed by atoms with Gasteiger partial charge in [0.25, 0.3) is 5.91 Å². The quantitative estimate of drug-likeness (QED) is 0.846. The molecule has 1 atom stereocenters. The second kappa shape index (κ2) is 6.44. The van der Waals surface area contributed by atoms with Gasteiger partial charge < -0.3 is 19.5 Å². The number of nitrogens with one attached hydrogen (secondary N) is 1. The molecule has 7 heteroatoms. The summed E-state index contributed by atoms with van der Waals surface area (Å²) in [4.78, 5) is 43.0.